The molecule has 1 nitrogen and oxygen atoms in total. The molecule has 0 spiro atoms. The lowest BCUT2D eigenvalue weighted by Crippen LogP contribution is -2.24. The van der Waals surface area contributed by atoms with Crippen molar-refractivity contribution >= 4 is 8.32 Å². The molecule has 0 radical (unpaired) electrons. The first-order chi connectivity index (χ1) is 4.45. The highest BCUT2D eigenvalue weighted by atomic mass is 28.4. The first-order valence-corrected chi connectivity index (χ1v) is 7.22. The predicted molar refractivity (Wildman–Crippen MR) is 48.5 cm³/mol. The van der Waals surface area contributed by atoms with Gasteiger partial charge in [-0.05, 0) is 39.1 Å². The Kier molecular flexibility index (Phi) is 3.72. The summed E-state index contributed by atoms with van der Waals surface area (Å²) in [6.45, 7) is 10.7. The molecule has 0 bridgehead atoms. The van der Waals surface area contributed by atoms with E-state index in [-0.39, 0.29) is 0 Å². The van der Waals surface area contributed by atoms with Crippen LogP contribution in [0.3, 0.4) is 0 Å². The van der Waals surface area contributed by atoms with Gasteiger partial charge in [-0.3, -0.25) is 0 Å². The summed E-state index contributed by atoms with van der Waals surface area (Å²) >= 11 is 0. The smallest absolute Gasteiger partial charge is 0.241 e. The van der Waals surface area contributed by atoms with Crippen molar-refractivity contribution in [3.05, 3.63) is 11.8 Å². The largest absolute Gasteiger partial charge is 0.548 e. The first kappa shape index (κ1) is 9.76. The predicted octanol–water partition coefficient (Wildman–Crippen LogP) is 3.15. The molecule has 0 saturated heterocycles. The fraction of sp³-hybridized carbons (Fsp3) is 0.750. The zero-order valence-corrected chi connectivity index (χ0v) is 8.69. The Balaban J connectivity index is 3.79. The summed E-state index contributed by atoms with van der Waals surface area (Å²) in [4.78, 5) is 0. The number of rotatable bonds is 3. The lowest BCUT2D eigenvalue weighted by molar-refractivity contribution is 0.422. The maximum Gasteiger partial charge on any atom is 0.241 e. The molecule has 0 aliphatic rings. The number of hydrogen-bond donors (Lipinski definition) is 0. The van der Waals surface area contributed by atoms with Crippen LogP contribution in [-0.2, 0) is 4.43 Å². The summed E-state index contributed by atoms with van der Waals surface area (Å²) in [6, 6.07) is 0. The van der Waals surface area contributed by atoms with Crippen LogP contribution in [-0.4, -0.2) is 8.32 Å². The third kappa shape index (κ3) is 5.89. The van der Waals surface area contributed by atoms with E-state index in [9.17, 15) is 0 Å². The molecule has 0 saturated carbocycles. The van der Waals surface area contributed by atoms with Crippen molar-refractivity contribution in [2.45, 2.75) is 39.9 Å². The molecule has 0 rings (SSSR count). The minimum atomic E-state index is -1.33. The molecule has 0 aromatic carbocycles. The van der Waals surface area contributed by atoms with Crippen molar-refractivity contribution in [3.8, 4) is 0 Å². The highest BCUT2D eigenvalue weighted by Gasteiger charge is 2.15. The second kappa shape index (κ2) is 3.81. The average molecular weight is 158 g/mol. The molecule has 2 heteroatoms. The molecule has 10 heavy (non-hydrogen) atoms. The van der Waals surface area contributed by atoms with Gasteiger partial charge in [-0.2, -0.15) is 0 Å². The van der Waals surface area contributed by atoms with E-state index in [4.69, 9.17) is 4.43 Å². The molecular formula is C8H18OSi. The molecule has 0 atom stereocenters. The van der Waals surface area contributed by atoms with Crippen molar-refractivity contribution in [1.29, 1.82) is 0 Å². The molecule has 0 amide bonds. The molecule has 0 aliphatic carbocycles. The van der Waals surface area contributed by atoms with Crippen LogP contribution in [0.1, 0.15) is 20.3 Å². The third-order valence-corrected chi connectivity index (χ3v) is 1.89. The van der Waals surface area contributed by atoms with E-state index in [0.29, 0.717) is 0 Å². The lowest BCUT2D eigenvalue weighted by atomic mass is 10.4. The maximum atomic E-state index is 5.68. The fourth-order valence-corrected chi connectivity index (χ4v) is 1.86. The van der Waals surface area contributed by atoms with Crippen molar-refractivity contribution < 1.29 is 4.43 Å². The van der Waals surface area contributed by atoms with Crippen LogP contribution in [0.15, 0.2) is 11.8 Å². The highest BCUT2D eigenvalue weighted by Crippen LogP contribution is 2.09. The van der Waals surface area contributed by atoms with Crippen LogP contribution >= 0.6 is 0 Å². The molecule has 0 unspecified atom stereocenters. The van der Waals surface area contributed by atoms with E-state index in [0.717, 1.165) is 12.2 Å². The van der Waals surface area contributed by atoms with Gasteiger partial charge in [0.05, 0.1) is 5.76 Å². The zero-order chi connectivity index (χ0) is 8.20. The fourth-order valence-electron chi connectivity index (χ4n) is 0.812. The number of hydrogen-bond acceptors (Lipinski definition) is 1. The molecular weight excluding hydrogens is 140 g/mol. The van der Waals surface area contributed by atoms with Gasteiger partial charge in [-0.25, -0.2) is 0 Å². The third-order valence-electron chi connectivity index (χ3n) is 0.959. The summed E-state index contributed by atoms with van der Waals surface area (Å²) < 4.78 is 5.68. The monoisotopic (exact) mass is 158 g/mol. The van der Waals surface area contributed by atoms with E-state index >= 15 is 0 Å². The summed E-state index contributed by atoms with van der Waals surface area (Å²) in [5.74, 6) is 1.08. The van der Waals surface area contributed by atoms with Crippen LogP contribution in [0.4, 0.5) is 0 Å². The molecule has 0 aromatic rings. The molecule has 0 aliphatic heterocycles. The summed E-state index contributed by atoms with van der Waals surface area (Å²) in [6.07, 6.45) is 3.19. The summed E-state index contributed by atoms with van der Waals surface area (Å²) in [5, 5.41) is 0. The van der Waals surface area contributed by atoms with E-state index in [2.05, 4.69) is 32.6 Å². The van der Waals surface area contributed by atoms with Gasteiger partial charge >= 0.3 is 0 Å². The average Bonchev–Trinajstić information content (AvgIpc) is 1.59. The normalized spacial score (nSPS) is 13.5. The van der Waals surface area contributed by atoms with Crippen LogP contribution in [0.5, 0.6) is 0 Å². The summed E-state index contributed by atoms with van der Waals surface area (Å²) in [7, 11) is -1.33. The van der Waals surface area contributed by atoms with Gasteiger partial charge in [0.1, 0.15) is 0 Å². The van der Waals surface area contributed by atoms with E-state index in [1.54, 1.807) is 0 Å². The minimum absolute atomic E-state index is 1.07. The Labute approximate surface area is 65.2 Å². The molecule has 60 valence electrons. The van der Waals surface area contributed by atoms with Gasteiger partial charge in [-0.1, -0.05) is 6.92 Å². The van der Waals surface area contributed by atoms with Crippen molar-refractivity contribution in [2.24, 2.45) is 0 Å². The maximum absolute atomic E-state index is 5.68. The van der Waals surface area contributed by atoms with Crippen molar-refractivity contribution in [1.82, 2.24) is 0 Å². The molecule has 0 N–H and O–H groups in total. The Morgan fingerprint density at radius 3 is 2.20 bits per heavy atom. The highest BCUT2D eigenvalue weighted by molar-refractivity contribution is 6.70. The van der Waals surface area contributed by atoms with Gasteiger partial charge in [0, 0.05) is 0 Å². The topological polar surface area (TPSA) is 9.23 Å². The molecule has 0 aromatic heterocycles. The lowest BCUT2D eigenvalue weighted by Gasteiger charge is -2.19. The van der Waals surface area contributed by atoms with Crippen molar-refractivity contribution in [3.63, 3.8) is 0 Å². The second-order valence-electron chi connectivity index (χ2n) is 3.44. The second-order valence-corrected chi connectivity index (χ2v) is 7.87. The standard InChI is InChI=1S/C8H18OSi/c1-6-7-8(2)9-10(3,4)5/h7H,6H2,1-5H3. The molecule has 0 heterocycles. The SMILES string of the molecule is CCC=C(C)O[Si](C)(C)C. The van der Waals surface area contributed by atoms with Gasteiger partial charge < -0.3 is 4.43 Å². The van der Waals surface area contributed by atoms with Gasteiger partial charge in [0.25, 0.3) is 0 Å². The Hall–Kier alpha value is -0.243. The van der Waals surface area contributed by atoms with Crippen LogP contribution in [0.2, 0.25) is 19.6 Å². The minimum Gasteiger partial charge on any atom is -0.548 e. The van der Waals surface area contributed by atoms with Crippen LogP contribution < -0.4 is 0 Å². The Morgan fingerprint density at radius 1 is 1.40 bits per heavy atom. The van der Waals surface area contributed by atoms with E-state index < -0.39 is 8.32 Å². The van der Waals surface area contributed by atoms with Crippen molar-refractivity contribution in [2.75, 3.05) is 0 Å². The van der Waals surface area contributed by atoms with Gasteiger partial charge in [0.15, 0.2) is 0 Å². The summed E-state index contributed by atoms with van der Waals surface area (Å²) in [5.41, 5.74) is 0. The van der Waals surface area contributed by atoms with E-state index in [1.807, 2.05) is 6.92 Å². The van der Waals surface area contributed by atoms with Gasteiger partial charge in [-0.15, -0.1) is 0 Å². The Bertz CT molecular complexity index is 122. The number of allylic oxidation sites excluding steroid dienone is 2. The zero-order valence-electron chi connectivity index (χ0n) is 7.69. The Morgan fingerprint density at radius 2 is 1.90 bits per heavy atom. The van der Waals surface area contributed by atoms with Crippen LogP contribution in [0, 0.1) is 0 Å². The first-order valence-electron chi connectivity index (χ1n) is 3.81. The van der Waals surface area contributed by atoms with Crippen LogP contribution in [0.25, 0.3) is 0 Å². The van der Waals surface area contributed by atoms with E-state index in [1.165, 1.54) is 0 Å². The molecule has 0 fully saturated rings. The van der Waals surface area contributed by atoms with Gasteiger partial charge in [0.2, 0.25) is 8.32 Å². The quantitative estimate of drug-likeness (QED) is 0.453.